The van der Waals surface area contributed by atoms with Crippen molar-refractivity contribution in [2.24, 2.45) is 0 Å². The molecule has 0 amide bonds. The highest BCUT2D eigenvalue weighted by Gasteiger charge is 2.20. The first-order chi connectivity index (χ1) is 9.36. The number of nitrogens with zero attached hydrogens (tertiary/aromatic N) is 2. The van der Waals surface area contributed by atoms with E-state index < -0.39 is 0 Å². The van der Waals surface area contributed by atoms with Crippen LogP contribution >= 0.6 is 11.8 Å². The molecule has 4 nitrogen and oxygen atoms in total. The third-order valence-corrected chi connectivity index (χ3v) is 4.14. The summed E-state index contributed by atoms with van der Waals surface area (Å²) >= 11 is 1.72. The second-order valence-corrected chi connectivity index (χ2v) is 5.57. The third-order valence-electron chi connectivity index (χ3n) is 3.40. The van der Waals surface area contributed by atoms with Gasteiger partial charge in [-0.2, -0.15) is 4.98 Å². The van der Waals surface area contributed by atoms with Crippen LogP contribution in [0, 0.1) is 0 Å². The molecular weight excluding hydrogens is 258 g/mol. The summed E-state index contributed by atoms with van der Waals surface area (Å²) in [6.07, 6.45) is 5.61. The Balaban J connectivity index is 1.79. The molecule has 1 aliphatic heterocycles. The molecule has 0 bridgehead atoms. The van der Waals surface area contributed by atoms with Crippen LogP contribution in [0.2, 0.25) is 0 Å². The van der Waals surface area contributed by atoms with Gasteiger partial charge < -0.3 is 9.84 Å². The first-order valence-electron chi connectivity index (χ1n) is 6.58. The third kappa shape index (κ3) is 2.82. The highest BCUT2D eigenvalue weighted by Crippen LogP contribution is 2.25. The minimum Gasteiger partial charge on any atom is -0.334 e. The van der Waals surface area contributed by atoms with Gasteiger partial charge in [0.2, 0.25) is 0 Å². The van der Waals surface area contributed by atoms with E-state index in [-0.39, 0.29) is 6.04 Å². The van der Waals surface area contributed by atoms with E-state index in [0.717, 1.165) is 24.4 Å². The number of hydrogen-bond acceptors (Lipinski definition) is 5. The van der Waals surface area contributed by atoms with Crippen molar-refractivity contribution < 1.29 is 4.52 Å². The average Bonchev–Trinajstić information content (AvgIpc) is 2.98. The van der Waals surface area contributed by atoms with E-state index in [1.54, 1.807) is 11.8 Å². The first-order valence-corrected chi connectivity index (χ1v) is 7.81. The highest BCUT2D eigenvalue weighted by atomic mass is 32.2. The molecule has 1 unspecified atom stereocenters. The molecule has 5 heteroatoms. The molecule has 1 fully saturated rings. The topological polar surface area (TPSA) is 51.0 Å². The molecular formula is C14H17N3OS. The Labute approximate surface area is 117 Å². The normalized spacial score (nSPS) is 19.5. The van der Waals surface area contributed by atoms with Gasteiger partial charge in [0.25, 0.3) is 5.89 Å². The van der Waals surface area contributed by atoms with Gasteiger partial charge in [-0.15, -0.1) is 11.8 Å². The van der Waals surface area contributed by atoms with Crippen molar-refractivity contribution in [1.29, 1.82) is 0 Å². The molecule has 0 aliphatic carbocycles. The predicted octanol–water partition coefficient (Wildman–Crippen LogP) is 3.27. The quantitative estimate of drug-likeness (QED) is 0.871. The van der Waals surface area contributed by atoms with Gasteiger partial charge in [-0.05, 0) is 49.9 Å². The smallest absolute Gasteiger partial charge is 0.257 e. The molecule has 0 saturated carbocycles. The van der Waals surface area contributed by atoms with Gasteiger partial charge in [0, 0.05) is 10.5 Å². The van der Waals surface area contributed by atoms with Crippen LogP contribution in [-0.4, -0.2) is 22.9 Å². The zero-order valence-electron chi connectivity index (χ0n) is 10.9. The Morgan fingerprint density at radius 2 is 2.11 bits per heavy atom. The van der Waals surface area contributed by atoms with Gasteiger partial charge in [-0.3, -0.25) is 0 Å². The van der Waals surface area contributed by atoms with Gasteiger partial charge in [-0.25, -0.2) is 0 Å². The maximum Gasteiger partial charge on any atom is 0.257 e. The zero-order chi connectivity index (χ0) is 13.1. The number of thioether (sulfide) groups is 1. The maximum atomic E-state index is 5.37. The van der Waals surface area contributed by atoms with Crippen molar-refractivity contribution in [3.63, 3.8) is 0 Å². The number of rotatable bonds is 3. The van der Waals surface area contributed by atoms with E-state index in [0.29, 0.717) is 5.89 Å². The van der Waals surface area contributed by atoms with Crippen LogP contribution < -0.4 is 5.32 Å². The van der Waals surface area contributed by atoms with Gasteiger partial charge in [-0.1, -0.05) is 11.6 Å². The van der Waals surface area contributed by atoms with Crippen molar-refractivity contribution in [3.05, 3.63) is 30.1 Å². The zero-order valence-corrected chi connectivity index (χ0v) is 11.7. The molecule has 0 spiro atoms. The Bertz CT molecular complexity index is 532. The lowest BCUT2D eigenvalue weighted by Gasteiger charge is -2.19. The van der Waals surface area contributed by atoms with E-state index >= 15 is 0 Å². The fourth-order valence-corrected chi connectivity index (χ4v) is 2.71. The lowest BCUT2D eigenvalue weighted by Crippen LogP contribution is -2.27. The van der Waals surface area contributed by atoms with E-state index in [9.17, 15) is 0 Å². The summed E-state index contributed by atoms with van der Waals surface area (Å²) in [5.74, 6) is 1.39. The molecule has 3 rings (SSSR count). The van der Waals surface area contributed by atoms with Crippen LogP contribution in [-0.2, 0) is 0 Å². The van der Waals surface area contributed by atoms with E-state index in [2.05, 4.69) is 33.8 Å². The molecule has 1 atom stereocenters. The molecule has 2 aromatic rings. The number of aromatic nitrogens is 2. The van der Waals surface area contributed by atoms with Crippen LogP contribution in [0.1, 0.15) is 31.1 Å². The summed E-state index contributed by atoms with van der Waals surface area (Å²) in [6.45, 7) is 1.04. The lowest BCUT2D eigenvalue weighted by molar-refractivity contribution is 0.367. The average molecular weight is 275 g/mol. The van der Waals surface area contributed by atoms with Crippen LogP contribution in [0.25, 0.3) is 11.5 Å². The highest BCUT2D eigenvalue weighted by molar-refractivity contribution is 7.98. The van der Waals surface area contributed by atoms with Crippen LogP contribution in [0.4, 0.5) is 0 Å². The Hall–Kier alpha value is -1.33. The second kappa shape index (κ2) is 5.75. The maximum absolute atomic E-state index is 5.37. The number of piperidine rings is 1. The fraction of sp³-hybridized carbons (Fsp3) is 0.429. The lowest BCUT2D eigenvalue weighted by atomic mass is 10.0. The standard InChI is InChI=1S/C14H17N3OS/c1-19-11-7-5-10(6-8-11)14-16-13(17-18-14)12-4-2-3-9-15-12/h5-8,12,15H,2-4,9H2,1H3. The summed E-state index contributed by atoms with van der Waals surface area (Å²) in [5, 5.41) is 7.54. The number of benzene rings is 1. The molecule has 1 saturated heterocycles. The molecule has 1 aromatic heterocycles. The van der Waals surface area contributed by atoms with Crippen molar-refractivity contribution >= 4 is 11.8 Å². The summed E-state index contributed by atoms with van der Waals surface area (Å²) in [5.41, 5.74) is 0.979. The summed E-state index contributed by atoms with van der Waals surface area (Å²) in [7, 11) is 0. The summed E-state index contributed by atoms with van der Waals surface area (Å²) < 4.78 is 5.37. The van der Waals surface area contributed by atoms with Crippen LogP contribution in [0.15, 0.2) is 33.7 Å². The largest absolute Gasteiger partial charge is 0.334 e. The minimum atomic E-state index is 0.247. The van der Waals surface area contributed by atoms with Crippen molar-refractivity contribution in [3.8, 4) is 11.5 Å². The monoisotopic (exact) mass is 275 g/mol. The molecule has 1 aliphatic rings. The van der Waals surface area contributed by atoms with E-state index in [1.165, 1.54) is 17.7 Å². The Kier molecular flexibility index (Phi) is 3.84. The van der Waals surface area contributed by atoms with Gasteiger partial charge in [0.05, 0.1) is 6.04 Å². The van der Waals surface area contributed by atoms with Crippen molar-refractivity contribution in [1.82, 2.24) is 15.5 Å². The van der Waals surface area contributed by atoms with Crippen molar-refractivity contribution in [2.75, 3.05) is 12.8 Å². The molecule has 19 heavy (non-hydrogen) atoms. The summed E-state index contributed by atoms with van der Waals surface area (Å²) in [4.78, 5) is 5.75. The van der Waals surface area contributed by atoms with Crippen LogP contribution in [0.3, 0.4) is 0 Å². The molecule has 100 valence electrons. The predicted molar refractivity (Wildman–Crippen MR) is 76.1 cm³/mol. The molecule has 2 heterocycles. The fourth-order valence-electron chi connectivity index (χ4n) is 2.30. The van der Waals surface area contributed by atoms with Gasteiger partial charge in [0.1, 0.15) is 0 Å². The Morgan fingerprint density at radius 1 is 1.26 bits per heavy atom. The SMILES string of the molecule is CSc1ccc(-c2nc(C3CCCCN3)no2)cc1. The molecule has 1 N–H and O–H groups in total. The van der Waals surface area contributed by atoms with Crippen LogP contribution in [0.5, 0.6) is 0 Å². The Morgan fingerprint density at radius 3 is 2.79 bits per heavy atom. The number of hydrogen-bond donors (Lipinski definition) is 1. The van der Waals surface area contributed by atoms with Gasteiger partial charge in [0.15, 0.2) is 5.82 Å². The minimum absolute atomic E-state index is 0.247. The first kappa shape index (κ1) is 12.7. The van der Waals surface area contributed by atoms with E-state index in [1.807, 2.05) is 12.1 Å². The summed E-state index contributed by atoms with van der Waals surface area (Å²) in [6, 6.07) is 8.44. The molecule has 1 aromatic carbocycles. The van der Waals surface area contributed by atoms with E-state index in [4.69, 9.17) is 4.52 Å². The molecule has 0 radical (unpaired) electrons. The van der Waals surface area contributed by atoms with Crippen molar-refractivity contribution in [2.45, 2.75) is 30.2 Å². The number of nitrogens with one attached hydrogen (secondary N) is 1. The second-order valence-electron chi connectivity index (χ2n) is 4.69. The van der Waals surface area contributed by atoms with Gasteiger partial charge >= 0.3 is 0 Å².